The van der Waals surface area contributed by atoms with Gasteiger partial charge in [-0.15, -0.1) is 5.10 Å². The number of hydrogen-bond donors (Lipinski definition) is 6. The SMILES string of the molecule is CCNC(=O)Nc1nnc([C@@H](NC(=O)[C@@]2(NC(=O)[C@@H](NC(=O)Cc3ccccc3F)C(C)CC)CCc3[nH]c4c(C(F)(F)F)cccc4c3C2)C(C)CC)o1. The standard InChI is InChI=1S/C38H46F4N8O5/c1-6-20(4)29(45-28(51)18-22-12-9-10-15-26(22)39)32(52)48-37(17-16-27-24(19-37)23-13-11-14-25(31(23)44-27)38(40,41)42)34(53)46-30(21(5)7-2)33-49-50-36(55-33)47-35(54)43-8-3/h9-15,20-21,29-30,44H,6-8,16-19H2,1-5H3,(H,45,51)(H,46,53)(H,48,52)(H2,43,47,50,54)/t20?,21?,29-,30-,37+/m0/s1. The molecular formula is C38H46F4N8O5. The Bertz CT molecular complexity index is 2030. The summed E-state index contributed by atoms with van der Waals surface area (Å²) in [5.74, 6) is -3.32. The Balaban J connectivity index is 1.52. The molecular weight excluding hydrogens is 724 g/mol. The quantitative estimate of drug-likeness (QED) is 0.0867. The monoisotopic (exact) mass is 770 g/mol. The first-order valence-electron chi connectivity index (χ1n) is 18.3. The van der Waals surface area contributed by atoms with Gasteiger partial charge in [0.15, 0.2) is 0 Å². The number of H-pyrrole nitrogens is 1. The minimum absolute atomic E-state index is 0.0210. The number of hydrogen-bond acceptors (Lipinski definition) is 7. The van der Waals surface area contributed by atoms with Crippen LogP contribution in [0.25, 0.3) is 10.9 Å². The summed E-state index contributed by atoms with van der Waals surface area (Å²) in [6, 6.07) is 6.73. The van der Waals surface area contributed by atoms with Crippen molar-refractivity contribution in [3.63, 3.8) is 0 Å². The number of halogens is 4. The maximum atomic E-state index is 14.8. The van der Waals surface area contributed by atoms with E-state index < -0.39 is 64.9 Å². The van der Waals surface area contributed by atoms with Gasteiger partial charge in [-0.2, -0.15) is 13.2 Å². The van der Waals surface area contributed by atoms with Gasteiger partial charge in [0.25, 0.3) is 0 Å². The Hall–Kier alpha value is -5.48. The molecule has 2 aromatic carbocycles. The number of carbonyl (C=O) groups excluding carboxylic acids is 4. The van der Waals surface area contributed by atoms with Crippen molar-refractivity contribution in [2.45, 2.75) is 96.9 Å². The molecule has 5 rings (SSSR count). The molecule has 5 atom stereocenters. The molecule has 4 aromatic rings. The maximum absolute atomic E-state index is 14.8. The molecule has 2 unspecified atom stereocenters. The number of anilines is 1. The van der Waals surface area contributed by atoms with Crippen LogP contribution in [0.4, 0.5) is 28.4 Å². The zero-order chi connectivity index (χ0) is 40.1. The van der Waals surface area contributed by atoms with E-state index in [2.05, 4.69) is 41.8 Å². The number of alkyl halides is 3. The van der Waals surface area contributed by atoms with E-state index in [0.717, 1.165) is 6.07 Å². The fourth-order valence-electron chi connectivity index (χ4n) is 6.79. The number of para-hydroxylation sites is 1. The molecule has 55 heavy (non-hydrogen) atoms. The lowest BCUT2D eigenvalue weighted by atomic mass is 9.78. The van der Waals surface area contributed by atoms with Crippen LogP contribution >= 0.6 is 0 Å². The van der Waals surface area contributed by atoms with Crippen LogP contribution in [0.1, 0.15) is 88.2 Å². The molecule has 0 spiro atoms. The molecule has 0 fully saturated rings. The molecule has 2 heterocycles. The van der Waals surface area contributed by atoms with Gasteiger partial charge in [0.05, 0.1) is 17.5 Å². The highest BCUT2D eigenvalue weighted by atomic mass is 19.4. The Morgan fingerprint density at radius 3 is 2.36 bits per heavy atom. The van der Waals surface area contributed by atoms with Gasteiger partial charge in [-0.3, -0.25) is 19.7 Å². The molecule has 0 saturated carbocycles. The number of rotatable bonds is 14. The number of amides is 5. The Morgan fingerprint density at radius 2 is 1.69 bits per heavy atom. The van der Waals surface area contributed by atoms with E-state index in [0.29, 0.717) is 30.6 Å². The number of fused-ring (bicyclic) bond motifs is 3. The van der Waals surface area contributed by atoms with Crippen molar-refractivity contribution < 1.29 is 41.2 Å². The number of nitrogens with one attached hydrogen (secondary N) is 6. The van der Waals surface area contributed by atoms with Crippen molar-refractivity contribution in [3.05, 3.63) is 76.6 Å². The average Bonchev–Trinajstić information content (AvgIpc) is 3.76. The first-order chi connectivity index (χ1) is 26.1. The summed E-state index contributed by atoms with van der Waals surface area (Å²) < 4.78 is 62.4. The summed E-state index contributed by atoms with van der Waals surface area (Å²) in [6.07, 6.45) is -4.14. The number of urea groups is 1. The number of aromatic amines is 1. The lowest BCUT2D eigenvalue weighted by molar-refractivity contribution is -0.137. The van der Waals surface area contributed by atoms with Crippen LogP contribution in [0.3, 0.4) is 0 Å². The fraction of sp³-hybridized carbons (Fsp3) is 0.474. The van der Waals surface area contributed by atoms with Crippen LogP contribution in [0.2, 0.25) is 0 Å². The highest BCUT2D eigenvalue weighted by Gasteiger charge is 2.47. The van der Waals surface area contributed by atoms with E-state index in [4.69, 9.17) is 4.42 Å². The van der Waals surface area contributed by atoms with E-state index in [1.807, 2.05) is 20.8 Å². The van der Waals surface area contributed by atoms with E-state index in [1.54, 1.807) is 19.9 Å². The van der Waals surface area contributed by atoms with Crippen LogP contribution in [0.5, 0.6) is 0 Å². The van der Waals surface area contributed by atoms with Gasteiger partial charge in [-0.25, -0.2) is 9.18 Å². The van der Waals surface area contributed by atoms with Gasteiger partial charge in [0.1, 0.15) is 23.4 Å². The third kappa shape index (κ3) is 9.08. The van der Waals surface area contributed by atoms with Crippen molar-refractivity contribution >= 4 is 40.7 Å². The normalized spacial score (nSPS) is 17.7. The van der Waals surface area contributed by atoms with Crippen molar-refractivity contribution in [1.82, 2.24) is 36.4 Å². The van der Waals surface area contributed by atoms with Gasteiger partial charge in [-0.05, 0) is 54.9 Å². The van der Waals surface area contributed by atoms with Gasteiger partial charge in [0.2, 0.25) is 23.6 Å². The van der Waals surface area contributed by atoms with E-state index in [9.17, 15) is 36.7 Å². The molecule has 6 N–H and O–H groups in total. The third-order valence-electron chi connectivity index (χ3n) is 10.3. The Kier molecular flexibility index (Phi) is 12.5. The number of aromatic nitrogens is 3. The molecule has 1 aliphatic carbocycles. The first-order valence-corrected chi connectivity index (χ1v) is 18.3. The molecule has 0 saturated heterocycles. The van der Waals surface area contributed by atoms with Gasteiger partial charge in [0, 0.05) is 24.0 Å². The number of carbonyl (C=O) groups is 4. The topological polar surface area (TPSA) is 183 Å². The second kappa shape index (κ2) is 16.9. The summed E-state index contributed by atoms with van der Waals surface area (Å²) >= 11 is 0. The van der Waals surface area contributed by atoms with E-state index >= 15 is 0 Å². The van der Waals surface area contributed by atoms with Crippen molar-refractivity contribution in [2.24, 2.45) is 11.8 Å². The lowest BCUT2D eigenvalue weighted by Crippen LogP contribution is -2.65. The highest BCUT2D eigenvalue weighted by Crippen LogP contribution is 2.40. The summed E-state index contributed by atoms with van der Waals surface area (Å²) in [6.45, 7) is 9.35. The van der Waals surface area contributed by atoms with Crippen LogP contribution in [-0.4, -0.2) is 57.1 Å². The number of aryl methyl sites for hydroxylation is 1. The third-order valence-corrected chi connectivity index (χ3v) is 10.3. The lowest BCUT2D eigenvalue weighted by Gasteiger charge is -2.39. The predicted octanol–water partition coefficient (Wildman–Crippen LogP) is 5.87. The fourth-order valence-corrected chi connectivity index (χ4v) is 6.79. The van der Waals surface area contributed by atoms with Crippen molar-refractivity contribution in [2.75, 3.05) is 11.9 Å². The number of benzene rings is 2. The van der Waals surface area contributed by atoms with Crippen LogP contribution < -0.4 is 26.6 Å². The molecule has 17 heteroatoms. The van der Waals surface area contributed by atoms with Crippen LogP contribution in [-0.2, 0) is 39.8 Å². The van der Waals surface area contributed by atoms with E-state index in [-0.39, 0.29) is 60.0 Å². The highest BCUT2D eigenvalue weighted by molar-refractivity contribution is 5.97. The Labute approximate surface area is 315 Å². The molecule has 5 amide bonds. The summed E-state index contributed by atoms with van der Waals surface area (Å²) in [4.78, 5) is 57.4. The summed E-state index contributed by atoms with van der Waals surface area (Å²) in [5, 5.41) is 21.8. The van der Waals surface area contributed by atoms with Crippen LogP contribution in [0.15, 0.2) is 46.9 Å². The molecule has 13 nitrogen and oxygen atoms in total. The second-order valence-corrected chi connectivity index (χ2v) is 14.0. The molecule has 0 aliphatic heterocycles. The largest absolute Gasteiger partial charge is 0.418 e. The predicted molar refractivity (Wildman–Crippen MR) is 195 cm³/mol. The first kappa shape index (κ1) is 40.7. The van der Waals surface area contributed by atoms with Gasteiger partial charge >= 0.3 is 18.2 Å². The maximum Gasteiger partial charge on any atom is 0.418 e. The summed E-state index contributed by atoms with van der Waals surface area (Å²) in [7, 11) is 0. The smallest absolute Gasteiger partial charge is 0.405 e. The molecule has 0 bridgehead atoms. The van der Waals surface area contributed by atoms with Crippen LogP contribution in [0, 0.1) is 17.7 Å². The van der Waals surface area contributed by atoms with Crippen molar-refractivity contribution in [1.29, 1.82) is 0 Å². The minimum Gasteiger partial charge on any atom is -0.405 e. The zero-order valence-corrected chi connectivity index (χ0v) is 31.2. The molecule has 296 valence electrons. The number of nitrogens with zero attached hydrogens (tertiary/aromatic N) is 2. The minimum atomic E-state index is -4.65. The molecule has 2 aromatic heterocycles. The van der Waals surface area contributed by atoms with Gasteiger partial charge in [-0.1, -0.05) is 76.0 Å². The second-order valence-electron chi connectivity index (χ2n) is 14.0. The zero-order valence-electron chi connectivity index (χ0n) is 31.2. The van der Waals surface area contributed by atoms with Crippen molar-refractivity contribution in [3.8, 4) is 0 Å². The molecule has 0 radical (unpaired) electrons. The summed E-state index contributed by atoms with van der Waals surface area (Å²) in [5.41, 5.74) is -1.66. The van der Waals surface area contributed by atoms with Gasteiger partial charge < -0.3 is 30.7 Å². The molecule has 1 aliphatic rings. The average molecular weight is 771 g/mol. The Morgan fingerprint density at radius 1 is 0.964 bits per heavy atom. The van der Waals surface area contributed by atoms with E-state index in [1.165, 1.54) is 30.3 Å².